The van der Waals surface area contributed by atoms with Crippen LogP contribution in [0.15, 0.2) is 16.6 Å². The molecule has 1 rings (SSSR count). The van der Waals surface area contributed by atoms with E-state index in [4.69, 9.17) is 0 Å². The van der Waals surface area contributed by atoms with Gasteiger partial charge in [-0.25, -0.2) is 17.2 Å². The molecule has 1 aromatic carbocycles. The summed E-state index contributed by atoms with van der Waals surface area (Å²) in [6, 6.07) is 1.45. The van der Waals surface area contributed by atoms with Crippen LogP contribution in [0, 0.1) is 11.6 Å². The van der Waals surface area contributed by atoms with Crippen molar-refractivity contribution in [2.75, 3.05) is 23.7 Å². The van der Waals surface area contributed by atoms with Crippen LogP contribution in [0.5, 0.6) is 0 Å². The topological polar surface area (TPSA) is 63.7 Å². The summed E-state index contributed by atoms with van der Waals surface area (Å²) in [5.74, 6) is -3.19. The van der Waals surface area contributed by atoms with Crippen molar-refractivity contribution in [3.05, 3.63) is 28.2 Å². The van der Waals surface area contributed by atoms with Crippen molar-refractivity contribution in [3.8, 4) is 0 Å². The van der Waals surface area contributed by atoms with Gasteiger partial charge in [0.1, 0.15) is 18.0 Å². The van der Waals surface area contributed by atoms with E-state index >= 15 is 0 Å². The molecule has 0 saturated heterocycles. The summed E-state index contributed by atoms with van der Waals surface area (Å²) in [4.78, 5) is 11.3. The second-order valence-corrected chi connectivity index (χ2v) is 6.74. The van der Waals surface area contributed by atoms with Crippen molar-refractivity contribution in [1.82, 2.24) is 0 Å². The van der Waals surface area contributed by atoms with Gasteiger partial charge < -0.3 is 4.74 Å². The molecule has 0 saturated carbocycles. The molecule has 0 radical (unpaired) electrons. The molecule has 0 aliphatic rings. The Bertz CT molecular complexity index is 598. The van der Waals surface area contributed by atoms with Gasteiger partial charge >= 0.3 is 5.97 Å². The number of benzene rings is 1. The molecular weight excluding hydrogens is 360 g/mol. The van der Waals surface area contributed by atoms with E-state index in [1.807, 2.05) is 0 Å². The molecule has 112 valence electrons. The lowest BCUT2D eigenvalue weighted by molar-refractivity contribution is -0.138. The SMILES string of the molecule is CCS(=O)(=O)N(CC(=O)OC)c1c(F)cc(F)cc1Br. The summed E-state index contributed by atoms with van der Waals surface area (Å²) in [5, 5.41) is 0. The Morgan fingerprint density at radius 3 is 2.45 bits per heavy atom. The van der Waals surface area contributed by atoms with Crippen molar-refractivity contribution in [2.24, 2.45) is 0 Å². The van der Waals surface area contributed by atoms with E-state index in [1.54, 1.807) is 0 Å². The molecule has 0 atom stereocenters. The number of rotatable bonds is 5. The number of sulfonamides is 1. The zero-order valence-corrected chi connectivity index (χ0v) is 13.1. The van der Waals surface area contributed by atoms with E-state index in [-0.39, 0.29) is 10.2 Å². The van der Waals surface area contributed by atoms with Crippen LogP contribution in [0.2, 0.25) is 0 Å². The molecule has 0 aromatic heterocycles. The highest BCUT2D eigenvalue weighted by Crippen LogP contribution is 2.32. The quantitative estimate of drug-likeness (QED) is 0.743. The first-order valence-corrected chi connectivity index (χ1v) is 7.85. The first kappa shape index (κ1) is 16.8. The average Bonchev–Trinajstić information content (AvgIpc) is 2.36. The van der Waals surface area contributed by atoms with Gasteiger partial charge in [0, 0.05) is 10.5 Å². The number of halogens is 3. The molecule has 0 unspecified atom stereocenters. The third kappa shape index (κ3) is 3.66. The fraction of sp³-hybridized carbons (Fsp3) is 0.364. The first-order valence-electron chi connectivity index (χ1n) is 5.44. The van der Waals surface area contributed by atoms with Crippen LogP contribution < -0.4 is 4.31 Å². The van der Waals surface area contributed by atoms with Crippen molar-refractivity contribution in [3.63, 3.8) is 0 Å². The van der Waals surface area contributed by atoms with Crippen molar-refractivity contribution in [1.29, 1.82) is 0 Å². The van der Waals surface area contributed by atoms with E-state index in [1.165, 1.54) is 6.92 Å². The largest absolute Gasteiger partial charge is 0.468 e. The van der Waals surface area contributed by atoms with E-state index in [9.17, 15) is 22.0 Å². The number of carbonyl (C=O) groups excluding carboxylic acids is 1. The minimum Gasteiger partial charge on any atom is -0.468 e. The molecule has 9 heteroatoms. The molecule has 0 aliphatic carbocycles. The van der Waals surface area contributed by atoms with Gasteiger partial charge in [-0.2, -0.15) is 0 Å². The molecule has 20 heavy (non-hydrogen) atoms. The number of anilines is 1. The van der Waals surface area contributed by atoms with Gasteiger partial charge in [-0.1, -0.05) is 0 Å². The van der Waals surface area contributed by atoms with E-state index < -0.39 is 39.9 Å². The van der Waals surface area contributed by atoms with Gasteiger partial charge in [-0.3, -0.25) is 9.10 Å². The molecule has 0 N–H and O–H groups in total. The van der Waals surface area contributed by atoms with Crippen LogP contribution in [0.4, 0.5) is 14.5 Å². The Kier molecular flexibility index (Phi) is 5.46. The smallest absolute Gasteiger partial charge is 0.326 e. The highest BCUT2D eigenvalue weighted by molar-refractivity contribution is 9.10. The fourth-order valence-electron chi connectivity index (χ4n) is 1.43. The number of nitrogens with zero attached hydrogens (tertiary/aromatic N) is 1. The highest BCUT2D eigenvalue weighted by Gasteiger charge is 2.28. The number of ether oxygens (including phenoxy) is 1. The average molecular weight is 372 g/mol. The minimum atomic E-state index is -3.94. The monoisotopic (exact) mass is 371 g/mol. The molecule has 0 amide bonds. The Morgan fingerprint density at radius 2 is 2.00 bits per heavy atom. The maximum absolute atomic E-state index is 13.9. The van der Waals surface area contributed by atoms with Crippen molar-refractivity contribution < 1.29 is 26.7 Å². The molecule has 0 spiro atoms. The standard InChI is InChI=1S/C11H12BrF2NO4S/c1-3-20(17,18)15(6-10(16)19-2)11-8(12)4-7(13)5-9(11)14/h4-5H,3,6H2,1-2H3. The molecule has 0 fully saturated rings. The number of methoxy groups -OCH3 is 1. The van der Waals surface area contributed by atoms with Gasteiger partial charge in [0.25, 0.3) is 0 Å². The maximum Gasteiger partial charge on any atom is 0.326 e. The maximum atomic E-state index is 13.9. The summed E-state index contributed by atoms with van der Waals surface area (Å²) in [5.41, 5.74) is -0.432. The second-order valence-electron chi connectivity index (χ2n) is 3.70. The molecule has 1 aromatic rings. The summed E-state index contributed by atoms with van der Waals surface area (Å²) in [7, 11) is -2.86. The van der Waals surface area contributed by atoms with Gasteiger partial charge in [-0.05, 0) is 28.9 Å². The lowest BCUT2D eigenvalue weighted by atomic mass is 10.3. The van der Waals surface area contributed by atoms with Crippen LogP contribution in [0.25, 0.3) is 0 Å². The van der Waals surface area contributed by atoms with Crippen LogP contribution in [-0.4, -0.2) is 33.8 Å². The number of hydrogen-bond donors (Lipinski definition) is 0. The number of esters is 1. The fourth-order valence-corrected chi connectivity index (χ4v) is 3.24. The van der Waals surface area contributed by atoms with E-state index in [0.29, 0.717) is 10.4 Å². The summed E-state index contributed by atoms with van der Waals surface area (Å²) in [6.45, 7) is 0.642. The van der Waals surface area contributed by atoms with E-state index in [0.717, 1.165) is 13.2 Å². The van der Waals surface area contributed by atoms with Gasteiger partial charge in [-0.15, -0.1) is 0 Å². The van der Waals surface area contributed by atoms with Crippen molar-refractivity contribution in [2.45, 2.75) is 6.92 Å². The normalized spacial score (nSPS) is 11.2. The minimum absolute atomic E-state index is 0.115. The first-order chi connectivity index (χ1) is 9.22. The molecule has 5 nitrogen and oxygen atoms in total. The summed E-state index contributed by atoms with van der Waals surface area (Å²) < 4.78 is 55.7. The van der Waals surface area contributed by atoms with Crippen LogP contribution in [0.3, 0.4) is 0 Å². The molecule has 0 heterocycles. The molecule has 0 aliphatic heterocycles. The van der Waals surface area contributed by atoms with Crippen LogP contribution in [-0.2, 0) is 19.6 Å². The molecule has 0 bridgehead atoms. The summed E-state index contributed by atoms with van der Waals surface area (Å²) in [6.07, 6.45) is 0. The Morgan fingerprint density at radius 1 is 1.40 bits per heavy atom. The summed E-state index contributed by atoms with van der Waals surface area (Å²) >= 11 is 2.89. The zero-order chi connectivity index (χ0) is 15.5. The predicted molar refractivity (Wildman–Crippen MR) is 72.9 cm³/mol. The third-order valence-corrected chi connectivity index (χ3v) is 4.75. The third-order valence-electron chi connectivity index (χ3n) is 2.43. The van der Waals surface area contributed by atoms with Crippen molar-refractivity contribution >= 4 is 37.6 Å². The van der Waals surface area contributed by atoms with Gasteiger partial charge in [0.2, 0.25) is 10.0 Å². The number of hydrogen-bond acceptors (Lipinski definition) is 4. The lowest BCUT2D eigenvalue weighted by Gasteiger charge is -2.24. The predicted octanol–water partition coefficient (Wildman–Crippen LogP) is 2.06. The Labute approximate surface area is 123 Å². The number of carbonyl (C=O) groups is 1. The van der Waals surface area contributed by atoms with Crippen LogP contribution >= 0.6 is 15.9 Å². The second kappa shape index (κ2) is 6.49. The zero-order valence-electron chi connectivity index (χ0n) is 10.7. The van der Waals surface area contributed by atoms with Gasteiger partial charge in [0.15, 0.2) is 5.82 Å². The Balaban J connectivity index is 3.42. The lowest BCUT2D eigenvalue weighted by Crippen LogP contribution is -2.38. The van der Waals surface area contributed by atoms with Gasteiger partial charge in [0.05, 0.1) is 12.9 Å². The van der Waals surface area contributed by atoms with Crippen LogP contribution in [0.1, 0.15) is 6.92 Å². The van der Waals surface area contributed by atoms with E-state index in [2.05, 4.69) is 20.7 Å². The Hall–Kier alpha value is -1.22. The molecular formula is C11H12BrF2NO4S. The highest BCUT2D eigenvalue weighted by atomic mass is 79.9.